The van der Waals surface area contributed by atoms with E-state index >= 15 is 0 Å². The number of ether oxygens (including phenoxy) is 1. The third-order valence-corrected chi connectivity index (χ3v) is 3.02. The molecule has 0 aromatic rings. The van der Waals surface area contributed by atoms with E-state index in [1.54, 1.807) is 0 Å². The number of ketones is 1. The monoisotopic (exact) mass is 264 g/mol. The molecule has 0 saturated heterocycles. The van der Waals surface area contributed by atoms with Gasteiger partial charge in [0.15, 0.2) is 5.78 Å². The number of esters is 1. The van der Waals surface area contributed by atoms with Gasteiger partial charge in [0.2, 0.25) is 0 Å². The number of unbranched alkanes of at least 4 members (excludes halogenated alkanes) is 1. The molecule has 0 N–H and O–H groups in total. The summed E-state index contributed by atoms with van der Waals surface area (Å²) < 4.78 is 5.49. The molecule has 19 heavy (non-hydrogen) atoms. The van der Waals surface area contributed by atoms with Crippen LogP contribution in [0.2, 0.25) is 0 Å². The van der Waals surface area contributed by atoms with Crippen molar-refractivity contribution in [3.63, 3.8) is 0 Å². The van der Waals surface area contributed by atoms with Crippen LogP contribution in [0, 0.1) is 5.41 Å². The van der Waals surface area contributed by atoms with E-state index < -0.39 is 5.41 Å². The van der Waals surface area contributed by atoms with Gasteiger partial charge in [0.1, 0.15) is 5.76 Å². The lowest BCUT2D eigenvalue weighted by Crippen LogP contribution is -2.23. The van der Waals surface area contributed by atoms with E-state index in [-0.39, 0.29) is 11.8 Å². The minimum Gasteiger partial charge on any atom is -0.430 e. The summed E-state index contributed by atoms with van der Waals surface area (Å²) in [6.07, 6.45) is 4.85. The van der Waals surface area contributed by atoms with Crippen LogP contribution in [0.5, 0.6) is 0 Å². The molecule has 0 radical (unpaired) electrons. The van der Waals surface area contributed by atoms with Gasteiger partial charge < -0.3 is 4.74 Å². The zero-order chi connectivity index (χ0) is 14.6. The molecule has 0 aliphatic heterocycles. The molecule has 0 amide bonds. The highest BCUT2D eigenvalue weighted by Crippen LogP contribution is 2.28. The minimum absolute atomic E-state index is 0.0605. The largest absolute Gasteiger partial charge is 0.430 e. The molecule has 3 nitrogen and oxygen atoms in total. The average molecular weight is 264 g/mol. The van der Waals surface area contributed by atoms with Crippen molar-refractivity contribution >= 4 is 11.8 Å². The second kappa shape index (κ2) is 6.18. The summed E-state index contributed by atoms with van der Waals surface area (Å²) in [4.78, 5) is 23.9. The maximum atomic E-state index is 12.0. The van der Waals surface area contributed by atoms with E-state index in [0.717, 1.165) is 18.4 Å². The minimum atomic E-state index is -0.557. The van der Waals surface area contributed by atoms with Gasteiger partial charge in [-0.1, -0.05) is 18.9 Å². The molecule has 1 aliphatic carbocycles. The Kier molecular flexibility index (Phi) is 5.10. The van der Waals surface area contributed by atoms with Crippen molar-refractivity contribution in [2.75, 3.05) is 0 Å². The van der Waals surface area contributed by atoms with E-state index in [1.165, 1.54) is 0 Å². The van der Waals surface area contributed by atoms with Crippen molar-refractivity contribution in [1.82, 2.24) is 0 Å². The van der Waals surface area contributed by atoms with Crippen LogP contribution >= 0.6 is 0 Å². The van der Waals surface area contributed by atoms with Crippen molar-refractivity contribution in [3.05, 3.63) is 23.0 Å². The van der Waals surface area contributed by atoms with Crippen LogP contribution in [0.15, 0.2) is 23.0 Å². The quantitative estimate of drug-likeness (QED) is 0.439. The maximum Gasteiger partial charge on any atom is 0.316 e. The first-order valence-electron chi connectivity index (χ1n) is 6.91. The molecule has 3 heteroatoms. The van der Waals surface area contributed by atoms with Crippen LogP contribution in [0.25, 0.3) is 0 Å². The Balaban J connectivity index is 2.99. The lowest BCUT2D eigenvalue weighted by Gasteiger charge is -2.19. The first-order chi connectivity index (χ1) is 8.75. The number of allylic oxidation sites excluding steroid dienone is 4. The zero-order valence-electron chi connectivity index (χ0n) is 12.6. The maximum absolute atomic E-state index is 12.0. The second-order valence-corrected chi connectivity index (χ2v) is 6.17. The lowest BCUT2D eigenvalue weighted by molar-refractivity contribution is -0.148. The number of Topliss-reactive ketones (excluding diaryl/α,β-unsaturated/α-hetero) is 1. The van der Waals surface area contributed by atoms with Crippen LogP contribution in [-0.4, -0.2) is 11.8 Å². The van der Waals surface area contributed by atoms with Crippen LogP contribution in [0.1, 0.15) is 60.3 Å². The van der Waals surface area contributed by atoms with Crippen molar-refractivity contribution in [3.8, 4) is 0 Å². The van der Waals surface area contributed by atoms with Crippen LogP contribution < -0.4 is 0 Å². The molecule has 0 heterocycles. The van der Waals surface area contributed by atoms with Gasteiger partial charge in [0.25, 0.3) is 0 Å². The third kappa shape index (κ3) is 4.34. The van der Waals surface area contributed by atoms with Crippen molar-refractivity contribution in [2.45, 2.75) is 60.3 Å². The highest BCUT2D eigenvalue weighted by atomic mass is 16.5. The molecule has 0 bridgehead atoms. The summed E-state index contributed by atoms with van der Waals surface area (Å²) in [5.41, 5.74) is 1.06. The molecular formula is C16H24O3. The molecular weight excluding hydrogens is 240 g/mol. The molecule has 0 spiro atoms. The number of carbonyl (C=O) groups is 2. The Morgan fingerprint density at radius 2 is 2.00 bits per heavy atom. The molecule has 0 aromatic carbocycles. The number of rotatable bonds is 4. The van der Waals surface area contributed by atoms with Crippen molar-refractivity contribution < 1.29 is 14.3 Å². The fraction of sp³-hybridized carbons (Fsp3) is 0.625. The van der Waals surface area contributed by atoms with E-state index in [2.05, 4.69) is 6.92 Å². The predicted octanol–water partition coefficient (Wildman–Crippen LogP) is 3.94. The average Bonchev–Trinajstić information content (AvgIpc) is 2.62. The van der Waals surface area contributed by atoms with Gasteiger partial charge >= 0.3 is 5.97 Å². The van der Waals surface area contributed by atoms with Crippen molar-refractivity contribution in [2.24, 2.45) is 5.41 Å². The van der Waals surface area contributed by atoms with E-state index in [0.29, 0.717) is 24.2 Å². The molecule has 0 fully saturated rings. The van der Waals surface area contributed by atoms with E-state index in [9.17, 15) is 9.59 Å². The van der Waals surface area contributed by atoms with Crippen LogP contribution in [-0.2, 0) is 14.3 Å². The van der Waals surface area contributed by atoms with Gasteiger partial charge in [0, 0.05) is 12.8 Å². The van der Waals surface area contributed by atoms with Gasteiger partial charge in [-0.25, -0.2) is 0 Å². The zero-order valence-corrected chi connectivity index (χ0v) is 12.6. The summed E-state index contributed by atoms with van der Waals surface area (Å²) in [5, 5.41) is 0. The first-order valence-corrected chi connectivity index (χ1v) is 6.91. The summed E-state index contributed by atoms with van der Waals surface area (Å²) in [5.74, 6) is 0.325. The Labute approximate surface area is 115 Å². The number of hydrogen-bond acceptors (Lipinski definition) is 3. The fourth-order valence-corrected chi connectivity index (χ4v) is 1.81. The number of carbonyl (C=O) groups excluding carboxylic acids is 2. The van der Waals surface area contributed by atoms with Gasteiger partial charge in [0.05, 0.1) is 11.0 Å². The first kappa shape index (κ1) is 15.7. The van der Waals surface area contributed by atoms with Gasteiger partial charge in [-0.05, 0) is 40.2 Å². The summed E-state index contributed by atoms with van der Waals surface area (Å²) >= 11 is 0. The summed E-state index contributed by atoms with van der Waals surface area (Å²) in [6.45, 7) is 9.44. The standard InChI is InChI=1S/C16H24O3/c1-6-7-8-14(19-15(18)16(3,4)5)12-9-11(2)10-13(12)17/h9H,6-8,10H2,1-5H3/b14-12+. The molecule has 1 aliphatic rings. The normalized spacial score (nSPS) is 18.4. The van der Waals surface area contributed by atoms with E-state index in [4.69, 9.17) is 4.74 Å². The van der Waals surface area contributed by atoms with Gasteiger partial charge in [-0.15, -0.1) is 0 Å². The highest BCUT2D eigenvalue weighted by Gasteiger charge is 2.27. The van der Waals surface area contributed by atoms with Crippen LogP contribution in [0.4, 0.5) is 0 Å². The molecule has 1 rings (SSSR count). The van der Waals surface area contributed by atoms with Gasteiger partial charge in [-0.2, -0.15) is 0 Å². The van der Waals surface area contributed by atoms with Crippen molar-refractivity contribution in [1.29, 1.82) is 0 Å². The highest BCUT2D eigenvalue weighted by molar-refractivity contribution is 6.03. The molecule has 0 aromatic heterocycles. The van der Waals surface area contributed by atoms with E-state index in [1.807, 2.05) is 33.8 Å². The number of hydrogen-bond donors (Lipinski definition) is 0. The van der Waals surface area contributed by atoms with Crippen LogP contribution in [0.3, 0.4) is 0 Å². The summed E-state index contributed by atoms with van der Waals surface area (Å²) in [6, 6.07) is 0. The Hall–Kier alpha value is -1.38. The molecule has 0 atom stereocenters. The Morgan fingerprint density at radius 1 is 1.37 bits per heavy atom. The smallest absolute Gasteiger partial charge is 0.316 e. The fourth-order valence-electron chi connectivity index (χ4n) is 1.81. The Bertz CT molecular complexity index is 433. The molecule has 0 saturated carbocycles. The predicted molar refractivity (Wildman–Crippen MR) is 75.5 cm³/mol. The molecule has 0 unspecified atom stereocenters. The second-order valence-electron chi connectivity index (χ2n) is 6.17. The molecule has 106 valence electrons. The summed E-state index contributed by atoms with van der Waals surface area (Å²) in [7, 11) is 0. The van der Waals surface area contributed by atoms with Gasteiger partial charge in [-0.3, -0.25) is 9.59 Å². The topological polar surface area (TPSA) is 43.4 Å². The lowest BCUT2D eigenvalue weighted by atomic mass is 9.97. The SMILES string of the molecule is CCCC/C(OC(=O)C(C)(C)C)=C1/C=C(C)CC1=O. The third-order valence-electron chi connectivity index (χ3n) is 3.02. The Morgan fingerprint density at radius 3 is 2.42 bits per heavy atom.